The molecule has 2 aliphatic rings. The number of fused-ring (bicyclic) bond motifs is 1. The molecular formula is C23H17N5O4S4. The van der Waals surface area contributed by atoms with Gasteiger partial charge in [0.2, 0.25) is 0 Å². The number of thiocarbonyl (C=S) groups is 1. The van der Waals surface area contributed by atoms with Crippen molar-refractivity contribution in [2.24, 2.45) is 0 Å². The van der Waals surface area contributed by atoms with Crippen molar-refractivity contribution in [3.8, 4) is 0 Å². The Morgan fingerprint density at radius 3 is 2.39 bits per heavy atom. The number of hydrogen-bond acceptors (Lipinski definition) is 8. The van der Waals surface area contributed by atoms with E-state index in [4.69, 9.17) is 30.5 Å². The van der Waals surface area contributed by atoms with Crippen molar-refractivity contribution in [2.45, 2.75) is 25.3 Å². The lowest BCUT2D eigenvalue weighted by atomic mass is 10.2. The summed E-state index contributed by atoms with van der Waals surface area (Å²) in [6.45, 7) is 18.9. The Labute approximate surface area is 223 Å². The monoisotopic (exact) mass is 555 g/mol. The van der Waals surface area contributed by atoms with Crippen molar-refractivity contribution < 1.29 is 14.7 Å². The highest BCUT2D eigenvalue weighted by Gasteiger charge is 2.35. The van der Waals surface area contributed by atoms with Crippen LogP contribution < -0.4 is 19.7 Å². The summed E-state index contributed by atoms with van der Waals surface area (Å²) in [4.78, 5) is 48.1. The molecule has 2 aromatic rings. The van der Waals surface area contributed by atoms with Gasteiger partial charge in [0.25, 0.3) is 11.5 Å². The first-order valence-electron chi connectivity index (χ1n) is 10.5. The summed E-state index contributed by atoms with van der Waals surface area (Å²) in [5.74, 6) is -1.69. The number of nitrogens with zero attached hydrogens (tertiary/aromatic N) is 5. The van der Waals surface area contributed by atoms with Crippen LogP contribution in [0.1, 0.15) is 13.8 Å². The average molecular weight is 556 g/mol. The van der Waals surface area contributed by atoms with Crippen LogP contribution in [0.25, 0.3) is 20.7 Å². The third-order valence-corrected chi connectivity index (χ3v) is 9.15. The first kappa shape index (κ1) is 25.7. The van der Waals surface area contributed by atoms with Gasteiger partial charge in [-0.05, 0) is 32.1 Å². The Bertz CT molecular complexity index is 1620. The highest BCUT2D eigenvalue weighted by atomic mass is 32.2. The molecule has 1 aromatic heterocycles. The predicted molar refractivity (Wildman–Crippen MR) is 147 cm³/mol. The van der Waals surface area contributed by atoms with E-state index in [1.54, 1.807) is 25.1 Å². The van der Waals surface area contributed by atoms with Crippen LogP contribution in [0, 0.1) is 13.1 Å². The van der Waals surface area contributed by atoms with Crippen LogP contribution in [0.4, 0.5) is 17.1 Å². The molecule has 0 saturated carbocycles. The van der Waals surface area contributed by atoms with Crippen molar-refractivity contribution in [2.75, 3.05) is 18.0 Å². The van der Waals surface area contributed by atoms with Crippen LogP contribution in [0.15, 0.2) is 32.9 Å². The lowest BCUT2D eigenvalue weighted by molar-refractivity contribution is -0.140. The SMILES string of the molecule is [C-]#[N+]c1cc2c(cc1[N+]#[C-])N(CC)C(=CC=c1sc(=C3SC(=S)N(CC(=O)O)C3=O)n(CC)c1=O)S2. The lowest BCUT2D eigenvalue weighted by Gasteiger charge is -2.18. The maximum atomic E-state index is 13.1. The Balaban J connectivity index is 1.79. The Kier molecular flexibility index (Phi) is 7.38. The molecule has 182 valence electrons. The molecular weight excluding hydrogens is 539 g/mol. The van der Waals surface area contributed by atoms with Crippen LogP contribution in [-0.4, -0.2) is 43.9 Å². The maximum Gasteiger partial charge on any atom is 0.323 e. The van der Waals surface area contributed by atoms with Crippen LogP contribution in [0.3, 0.4) is 0 Å². The van der Waals surface area contributed by atoms with Crippen LogP contribution in [-0.2, 0) is 16.1 Å². The second-order valence-corrected chi connectivity index (χ2v) is 11.1. The van der Waals surface area contributed by atoms with Crippen molar-refractivity contribution >= 4 is 91.3 Å². The van der Waals surface area contributed by atoms with Crippen molar-refractivity contribution in [1.29, 1.82) is 0 Å². The molecule has 2 aliphatic heterocycles. The topological polar surface area (TPSA) is 91.6 Å². The summed E-state index contributed by atoms with van der Waals surface area (Å²) in [5.41, 5.74) is 1.19. The largest absolute Gasteiger partial charge is 0.480 e. The smallest absolute Gasteiger partial charge is 0.323 e. The number of carboxylic acids is 1. The molecule has 1 N–H and O–H groups in total. The molecule has 1 amide bonds. The lowest BCUT2D eigenvalue weighted by Crippen LogP contribution is -2.35. The van der Waals surface area contributed by atoms with E-state index in [0.29, 0.717) is 33.7 Å². The summed E-state index contributed by atoms with van der Waals surface area (Å²) >= 11 is 8.79. The molecule has 0 spiro atoms. The summed E-state index contributed by atoms with van der Waals surface area (Å²) in [5, 5.41) is 9.93. The number of amides is 1. The Morgan fingerprint density at radius 2 is 1.78 bits per heavy atom. The number of anilines is 1. The fraction of sp³-hybridized carbons (Fsp3) is 0.217. The number of aliphatic carboxylic acids is 1. The number of benzene rings is 1. The van der Waals surface area contributed by atoms with E-state index in [2.05, 4.69) is 9.69 Å². The zero-order valence-corrected chi connectivity index (χ0v) is 22.2. The van der Waals surface area contributed by atoms with Gasteiger partial charge in [0.05, 0.1) is 22.7 Å². The van der Waals surface area contributed by atoms with Crippen molar-refractivity contribution in [3.05, 3.63) is 65.6 Å². The molecule has 1 saturated heterocycles. The zero-order valence-electron chi connectivity index (χ0n) is 19.0. The van der Waals surface area contributed by atoms with Gasteiger partial charge < -0.3 is 10.0 Å². The molecule has 1 fully saturated rings. The summed E-state index contributed by atoms with van der Waals surface area (Å²) in [6.07, 6.45) is 3.51. The number of aromatic nitrogens is 1. The van der Waals surface area contributed by atoms with Crippen molar-refractivity contribution in [1.82, 2.24) is 9.47 Å². The number of thiazole rings is 1. The van der Waals surface area contributed by atoms with Gasteiger partial charge in [-0.2, -0.15) is 0 Å². The molecule has 0 radical (unpaired) electrons. The summed E-state index contributed by atoms with van der Waals surface area (Å²) in [7, 11) is 0. The fourth-order valence-corrected chi connectivity index (χ4v) is 7.35. The van der Waals surface area contributed by atoms with Gasteiger partial charge in [0.1, 0.15) is 20.4 Å². The normalized spacial score (nSPS) is 18.1. The van der Waals surface area contributed by atoms with Gasteiger partial charge in [0.15, 0.2) is 11.4 Å². The standard InChI is InChI=1S/C23H17N5O4S4/c1-5-26-14-9-12(24-3)13(25-4)10-16(14)34-17(26)8-7-15-20(31)27(6-2)22(35-15)19-21(32)28(11-18(29)30)23(33)36-19/h7-10H,5-6,11H2,1-2H3,(H,29,30). The van der Waals surface area contributed by atoms with Gasteiger partial charge in [0, 0.05) is 23.7 Å². The molecule has 9 nitrogen and oxygen atoms in total. The van der Waals surface area contributed by atoms with E-state index in [9.17, 15) is 14.4 Å². The number of rotatable bonds is 5. The van der Waals surface area contributed by atoms with Gasteiger partial charge >= 0.3 is 5.97 Å². The van der Waals surface area contributed by atoms with Crippen LogP contribution >= 0.6 is 47.1 Å². The second kappa shape index (κ2) is 10.3. The van der Waals surface area contributed by atoms with Gasteiger partial charge in [-0.3, -0.25) is 33.5 Å². The molecule has 36 heavy (non-hydrogen) atoms. The second-order valence-electron chi connectivity index (χ2n) is 7.35. The Hall–Kier alpha value is -3.36. The zero-order chi connectivity index (χ0) is 26.1. The number of carbonyl (C=O) groups excluding carboxylic acids is 1. The van der Waals surface area contributed by atoms with E-state index >= 15 is 0 Å². The third-order valence-electron chi connectivity index (χ3n) is 5.32. The number of carboxylic acid groups (broad SMARTS) is 1. The third kappa shape index (κ3) is 4.47. The first-order chi connectivity index (χ1) is 17.2. The number of allylic oxidation sites excluding steroid dienone is 1. The quantitative estimate of drug-likeness (QED) is 0.444. The van der Waals surface area contributed by atoms with Crippen LogP contribution in [0.2, 0.25) is 0 Å². The van der Waals surface area contributed by atoms with Gasteiger partial charge in [-0.15, -0.1) is 11.3 Å². The van der Waals surface area contributed by atoms with E-state index in [-0.39, 0.29) is 14.8 Å². The number of hydrogen-bond donors (Lipinski definition) is 1. The minimum absolute atomic E-state index is 0.143. The van der Waals surface area contributed by atoms with Crippen molar-refractivity contribution in [3.63, 3.8) is 0 Å². The van der Waals surface area contributed by atoms with E-state index < -0.39 is 18.4 Å². The van der Waals surface area contributed by atoms with E-state index in [1.807, 2.05) is 17.9 Å². The van der Waals surface area contributed by atoms with Gasteiger partial charge in [-0.1, -0.05) is 41.8 Å². The average Bonchev–Trinajstić information content (AvgIpc) is 3.46. The predicted octanol–water partition coefficient (Wildman–Crippen LogP) is 3.34. The molecule has 0 bridgehead atoms. The minimum Gasteiger partial charge on any atom is -0.480 e. The molecule has 4 rings (SSSR count). The fourth-order valence-electron chi connectivity index (χ4n) is 3.69. The highest BCUT2D eigenvalue weighted by Crippen LogP contribution is 2.50. The number of thioether (sulfide) groups is 2. The van der Waals surface area contributed by atoms with Crippen LogP contribution in [0.5, 0.6) is 0 Å². The minimum atomic E-state index is -1.17. The molecule has 0 unspecified atom stereocenters. The summed E-state index contributed by atoms with van der Waals surface area (Å²) < 4.78 is 2.49. The molecule has 13 heteroatoms. The number of carbonyl (C=O) groups is 2. The van der Waals surface area contributed by atoms with E-state index in [1.165, 1.54) is 16.3 Å². The maximum absolute atomic E-state index is 13.1. The molecule has 0 atom stereocenters. The van der Waals surface area contributed by atoms with E-state index in [0.717, 1.165) is 43.6 Å². The highest BCUT2D eigenvalue weighted by molar-refractivity contribution is 8.30. The molecule has 3 heterocycles. The summed E-state index contributed by atoms with van der Waals surface area (Å²) in [6, 6.07) is 3.42. The van der Waals surface area contributed by atoms with Gasteiger partial charge in [-0.25, -0.2) is 0 Å². The Morgan fingerprint density at radius 1 is 1.08 bits per heavy atom. The first-order valence-corrected chi connectivity index (χ1v) is 13.4. The molecule has 0 aliphatic carbocycles. The molecule has 1 aromatic carbocycles.